The Morgan fingerprint density at radius 1 is 1.14 bits per heavy atom. The third kappa shape index (κ3) is 3.38. The van der Waals surface area contributed by atoms with Crippen LogP contribution in [-0.2, 0) is 4.79 Å². The zero-order valence-corrected chi connectivity index (χ0v) is 16.2. The fraction of sp³-hybridized carbons (Fsp3) is 0.200. The number of amides is 1. The molecule has 0 saturated carbocycles. The first-order chi connectivity index (χ1) is 14.1. The number of allylic oxidation sites excluding steroid dienone is 1. The van der Waals surface area contributed by atoms with E-state index < -0.39 is 6.04 Å². The van der Waals surface area contributed by atoms with Gasteiger partial charge < -0.3 is 20.1 Å². The maximum Gasteiger partial charge on any atom is 0.255 e. The number of aromatic nitrogens is 4. The number of rotatable bonds is 5. The summed E-state index contributed by atoms with van der Waals surface area (Å²) in [7, 11) is 3.11. The second kappa shape index (κ2) is 7.63. The first-order valence-corrected chi connectivity index (χ1v) is 8.96. The number of fused-ring (bicyclic) bond motifs is 1. The van der Waals surface area contributed by atoms with Gasteiger partial charge in [0.05, 0.1) is 25.5 Å². The molecule has 0 saturated heterocycles. The van der Waals surface area contributed by atoms with Gasteiger partial charge in [0.1, 0.15) is 17.5 Å². The fourth-order valence-corrected chi connectivity index (χ4v) is 3.35. The minimum Gasteiger partial charge on any atom is -0.497 e. The van der Waals surface area contributed by atoms with Crippen LogP contribution in [-0.4, -0.2) is 40.3 Å². The molecule has 1 aliphatic heterocycles. The lowest BCUT2D eigenvalue weighted by Crippen LogP contribution is -2.31. The highest BCUT2D eigenvalue weighted by atomic mass is 16.5. The summed E-state index contributed by atoms with van der Waals surface area (Å²) in [5, 5.41) is 17.9. The van der Waals surface area contributed by atoms with Crippen LogP contribution in [0.2, 0.25) is 0 Å². The molecular formula is C20H20N6O3. The monoisotopic (exact) mass is 392 g/mol. The SMILES string of the molecule is COc1ccc(OC)c(NC(=O)C2=C(C)Nc3nnnn3[C@@H]2c2ccccc2)c1. The predicted molar refractivity (Wildman–Crippen MR) is 107 cm³/mol. The van der Waals surface area contributed by atoms with E-state index in [1.807, 2.05) is 37.3 Å². The summed E-state index contributed by atoms with van der Waals surface area (Å²) in [6, 6.07) is 14.4. The van der Waals surface area contributed by atoms with E-state index >= 15 is 0 Å². The zero-order chi connectivity index (χ0) is 20.4. The van der Waals surface area contributed by atoms with Crippen molar-refractivity contribution in [2.75, 3.05) is 24.9 Å². The van der Waals surface area contributed by atoms with Crippen LogP contribution in [0.1, 0.15) is 18.5 Å². The van der Waals surface area contributed by atoms with Crippen molar-refractivity contribution in [2.45, 2.75) is 13.0 Å². The molecule has 1 atom stereocenters. The number of carbonyl (C=O) groups is 1. The first-order valence-electron chi connectivity index (χ1n) is 8.96. The molecule has 1 aliphatic rings. The number of carbonyl (C=O) groups excluding carboxylic acids is 1. The predicted octanol–water partition coefficient (Wildman–Crippen LogP) is 2.62. The fourth-order valence-electron chi connectivity index (χ4n) is 3.35. The van der Waals surface area contributed by atoms with E-state index in [2.05, 4.69) is 26.2 Å². The van der Waals surface area contributed by atoms with Crippen LogP contribution in [0.3, 0.4) is 0 Å². The first kappa shape index (κ1) is 18.5. The number of anilines is 2. The van der Waals surface area contributed by atoms with E-state index in [0.717, 1.165) is 5.56 Å². The van der Waals surface area contributed by atoms with E-state index in [1.54, 1.807) is 37.1 Å². The minimum atomic E-state index is -0.473. The van der Waals surface area contributed by atoms with Crippen molar-refractivity contribution in [3.05, 3.63) is 65.4 Å². The average molecular weight is 392 g/mol. The highest BCUT2D eigenvalue weighted by molar-refractivity contribution is 6.06. The van der Waals surface area contributed by atoms with E-state index in [1.165, 1.54) is 0 Å². The lowest BCUT2D eigenvalue weighted by Gasteiger charge is -2.28. The summed E-state index contributed by atoms with van der Waals surface area (Å²) >= 11 is 0. The van der Waals surface area contributed by atoms with Crippen LogP contribution >= 0.6 is 0 Å². The van der Waals surface area contributed by atoms with Gasteiger partial charge in [-0.05, 0) is 35.0 Å². The van der Waals surface area contributed by atoms with Gasteiger partial charge in [-0.1, -0.05) is 35.4 Å². The van der Waals surface area contributed by atoms with Gasteiger partial charge in [-0.2, -0.15) is 4.68 Å². The minimum absolute atomic E-state index is 0.295. The van der Waals surface area contributed by atoms with Gasteiger partial charge in [0.2, 0.25) is 5.95 Å². The van der Waals surface area contributed by atoms with Gasteiger partial charge in [0.15, 0.2) is 0 Å². The van der Waals surface area contributed by atoms with Crippen molar-refractivity contribution in [2.24, 2.45) is 0 Å². The number of nitrogens with zero attached hydrogens (tertiary/aromatic N) is 4. The lowest BCUT2D eigenvalue weighted by atomic mass is 9.95. The van der Waals surface area contributed by atoms with E-state index in [9.17, 15) is 4.79 Å². The van der Waals surface area contributed by atoms with Gasteiger partial charge >= 0.3 is 0 Å². The Morgan fingerprint density at radius 3 is 2.66 bits per heavy atom. The summed E-state index contributed by atoms with van der Waals surface area (Å²) in [6.45, 7) is 1.83. The van der Waals surface area contributed by atoms with Crippen LogP contribution in [0.15, 0.2) is 59.8 Å². The second-order valence-electron chi connectivity index (χ2n) is 6.44. The van der Waals surface area contributed by atoms with Gasteiger partial charge in [-0.15, -0.1) is 0 Å². The van der Waals surface area contributed by atoms with Crippen molar-refractivity contribution in [1.29, 1.82) is 0 Å². The summed E-state index contributed by atoms with van der Waals surface area (Å²) in [6.07, 6.45) is 0. The molecule has 0 aliphatic carbocycles. The summed E-state index contributed by atoms with van der Waals surface area (Å²) in [5.41, 5.74) is 2.57. The zero-order valence-electron chi connectivity index (χ0n) is 16.2. The summed E-state index contributed by atoms with van der Waals surface area (Å²) in [4.78, 5) is 13.4. The Balaban J connectivity index is 1.75. The third-order valence-electron chi connectivity index (χ3n) is 4.73. The van der Waals surface area contributed by atoms with Gasteiger partial charge in [-0.25, -0.2) is 0 Å². The maximum absolute atomic E-state index is 13.4. The molecule has 9 nitrogen and oxygen atoms in total. The largest absolute Gasteiger partial charge is 0.497 e. The number of tetrazole rings is 1. The van der Waals surface area contributed by atoms with Crippen molar-refractivity contribution in [3.63, 3.8) is 0 Å². The molecule has 2 heterocycles. The van der Waals surface area contributed by atoms with Crippen molar-refractivity contribution in [1.82, 2.24) is 20.2 Å². The Morgan fingerprint density at radius 2 is 1.93 bits per heavy atom. The topological polar surface area (TPSA) is 103 Å². The van der Waals surface area contributed by atoms with Crippen LogP contribution < -0.4 is 20.1 Å². The molecule has 0 spiro atoms. The Bertz CT molecular complexity index is 1080. The number of methoxy groups -OCH3 is 2. The quantitative estimate of drug-likeness (QED) is 0.688. The molecule has 0 unspecified atom stereocenters. The maximum atomic E-state index is 13.4. The van der Waals surface area contributed by atoms with Crippen molar-refractivity contribution in [3.8, 4) is 11.5 Å². The number of ether oxygens (including phenoxy) is 2. The van der Waals surface area contributed by atoms with Gasteiger partial charge in [0, 0.05) is 11.8 Å². The molecule has 9 heteroatoms. The number of benzene rings is 2. The Hall–Kier alpha value is -3.88. The Kier molecular flexibility index (Phi) is 4.86. The van der Waals surface area contributed by atoms with Crippen LogP contribution in [0, 0.1) is 0 Å². The second-order valence-corrected chi connectivity index (χ2v) is 6.44. The molecular weight excluding hydrogens is 372 g/mol. The van der Waals surface area contributed by atoms with Crippen molar-refractivity contribution < 1.29 is 14.3 Å². The van der Waals surface area contributed by atoms with E-state index in [4.69, 9.17) is 9.47 Å². The average Bonchev–Trinajstić information content (AvgIpc) is 3.21. The molecule has 1 aromatic heterocycles. The van der Waals surface area contributed by atoms with Gasteiger partial charge in [-0.3, -0.25) is 4.79 Å². The molecule has 4 rings (SSSR count). The van der Waals surface area contributed by atoms with Gasteiger partial charge in [0.25, 0.3) is 5.91 Å². The summed E-state index contributed by atoms with van der Waals surface area (Å²) < 4.78 is 12.2. The summed E-state index contributed by atoms with van der Waals surface area (Å²) in [5.74, 6) is 1.32. The molecule has 1 amide bonds. The highest BCUT2D eigenvalue weighted by Crippen LogP contribution is 2.36. The standard InChI is InChI=1S/C20H20N6O3/c1-12-17(19(27)22-15-11-14(28-2)9-10-16(15)29-3)18(13-7-5-4-6-8-13)26-20(21-12)23-24-25-26/h4-11,18H,1-3H3,(H,22,27)(H,21,23,25)/t18-/m1/s1. The van der Waals surface area contributed by atoms with Crippen LogP contribution in [0.25, 0.3) is 0 Å². The lowest BCUT2D eigenvalue weighted by molar-refractivity contribution is -0.113. The molecule has 3 aromatic rings. The third-order valence-corrected chi connectivity index (χ3v) is 4.73. The Labute approximate surface area is 167 Å². The smallest absolute Gasteiger partial charge is 0.255 e. The highest BCUT2D eigenvalue weighted by Gasteiger charge is 2.34. The van der Waals surface area contributed by atoms with Crippen molar-refractivity contribution >= 4 is 17.5 Å². The number of hydrogen-bond donors (Lipinski definition) is 2. The molecule has 0 bridgehead atoms. The normalized spacial score (nSPS) is 15.3. The van der Waals surface area contributed by atoms with Crippen LogP contribution in [0.5, 0.6) is 11.5 Å². The molecule has 0 radical (unpaired) electrons. The van der Waals surface area contributed by atoms with Crippen LogP contribution in [0.4, 0.5) is 11.6 Å². The van der Waals surface area contributed by atoms with E-state index in [-0.39, 0.29) is 5.91 Å². The molecule has 2 aromatic carbocycles. The number of nitrogens with one attached hydrogen (secondary N) is 2. The van der Waals surface area contributed by atoms with E-state index in [0.29, 0.717) is 34.4 Å². The molecule has 0 fully saturated rings. The molecule has 2 N–H and O–H groups in total. The molecule has 29 heavy (non-hydrogen) atoms. The molecule has 148 valence electrons. The number of hydrogen-bond acceptors (Lipinski definition) is 7.